The van der Waals surface area contributed by atoms with Gasteiger partial charge in [-0.15, -0.1) is 0 Å². The molecule has 0 aliphatic carbocycles. The van der Waals surface area contributed by atoms with Crippen LogP contribution in [0, 0.1) is 0 Å². The standard InChI is InChI=1S/C29H34N2O6/c1-4-5-12-20-23(24-21(36-2)13-9-14-22(24)37-3)26(32)25(27(33)30-20)28(34)31-17-15-29(35,16-18-31)19-10-7-6-8-11-19/h6-11,13-14,35H,4-5,12,15-18H2,1-3H3,(H2,30,32,33). The van der Waals surface area contributed by atoms with Crippen LogP contribution < -0.4 is 9.47 Å². The molecule has 0 atom stereocenters. The first-order chi connectivity index (χ1) is 17.8. The van der Waals surface area contributed by atoms with Crippen LogP contribution in [0.15, 0.2) is 48.5 Å². The van der Waals surface area contributed by atoms with Gasteiger partial charge in [0, 0.05) is 13.1 Å². The number of aromatic nitrogens is 1. The number of rotatable bonds is 8. The van der Waals surface area contributed by atoms with Crippen LogP contribution in [-0.4, -0.2) is 58.4 Å². The maximum atomic E-state index is 13.6. The topological polar surface area (TPSA) is 112 Å². The molecular formula is C29H34N2O6. The Kier molecular flexibility index (Phi) is 7.88. The molecule has 196 valence electrons. The summed E-state index contributed by atoms with van der Waals surface area (Å²) >= 11 is 0. The quantitative estimate of drug-likeness (QED) is 0.408. The molecule has 4 rings (SSSR count). The second-order valence-electron chi connectivity index (χ2n) is 9.31. The number of aryl methyl sites for hydroxylation is 1. The van der Waals surface area contributed by atoms with Crippen LogP contribution in [-0.2, 0) is 12.0 Å². The molecule has 8 heteroatoms. The molecule has 1 saturated heterocycles. The number of nitrogens with zero attached hydrogens (tertiary/aromatic N) is 2. The summed E-state index contributed by atoms with van der Waals surface area (Å²) in [4.78, 5) is 19.5. The van der Waals surface area contributed by atoms with Gasteiger partial charge in [0.1, 0.15) is 22.8 Å². The summed E-state index contributed by atoms with van der Waals surface area (Å²) in [5, 5.41) is 33.5. The fraction of sp³-hybridized carbons (Fsp3) is 0.379. The van der Waals surface area contributed by atoms with E-state index >= 15 is 0 Å². The van der Waals surface area contributed by atoms with E-state index < -0.39 is 17.4 Å². The molecule has 3 N–H and O–H groups in total. The van der Waals surface area contributed by atoms with Crippen molar-refractivity contribution in [3.63, 3.8) is 0 Å². The number of aliphatic hydroxyl groups is 1. The average Bonchev–Trinajstić information content (AvgIpc) is 2.92. The number of carbonyl (C=O) groups is 1. The van der Waals surface area contributed by atoms with E-state index in [1.165, 1.54) is 19.1 Å². The van der Waals surface area contributed by atoms with Gasteiger partial charge in [0.15, 0.2) is 0 Å². The molecule has 0 spiro atoms. The van der Waals surface area contributed by atoms with Crippen LogP contribution >= 0.6 is 0 Å². The highest BCUT2D eigenvalue weighted by molar-refractivity contribution is 6.02. The number of amides is 1. The van der Waals surface area contributed by atoms with Gasteiger partial charge in [-0.05, 0) is 43.4 Å². The van der Waals surface area contributed by atoms with Crippen molar-refractivity contribution in [2.45, 2.75) is 44.6 Å². The summed E-state index contributed by atoms with van der Waals surface area (Å²) < 4.78 is 11.1. The molecule has 0 radical (unpaired) electrons. The number of ether oxygens (including phenoxy) is 2. The first-order valence-electron chi connectivity index (χ1n) is 12.6. The lowest BCUT2D eigenvalue weighted by Crippen LogP contribution is -2.45. The Morgan fingerprint density at radius 2 is 1.59 bits per heavy atom. The van der Waals surface area contributed by atoms with E-state index in [2.05, 4.69) is 4.98 Å². The summed E-state index contributed by atoms with van der Waals surface area (Å²) in [6, 6.07) is 14.6. The molecule has 37 heavy (non-hydrogen) atoms. The molecular weight excluding hydrogens is 472 g/mol. The second kappa shape index (κ2) is 11.1. The molecule has 1 aliphatic rings. The average molecular weight is 507 g/mol. The minimum absolute atomic E-state index is 0.258. The van der Waals surface area contributed by atoms with Gasteiger partial charge in [0.2, 0.25) is 5.88 Å². The molecule has 3 aromatic rings. The molecule has 2 heterocycles. The Hall–Kier alpha value is -3.78. The van der Waals surface area contributed by atoms with E-state index in [1.807, 2.05) is 37.3 Å². The van der Waals surface area contributed by atoms with Gasteiger partial charge in [0.05, 0.1) is 36.6 Å². The Bertz CT molecular complexity index is 1230. The minimum atomic E-state index is -1.04. The molecule has 0 unspecified atom stereocenters. The first kappa shape index (κ1) is 26.3. The smallest absolute Gasteiger partial charge is 0.263 e. The van der Waals surface area contributed by atoms with Gasteiger partial charge in [-0.1, -0.05) is 49.7 Å². The van der Waals surface area contributed by atoms with Gasteiger partial charge in [-0.25, -0.2) is 4.98 Å². The predicted octanol–water partition coefficient (Wildman–Crippen LogP) is 4.64. The predicted molar refractivity (Wildman–Crippen MR) is 140 cm³/mol. The van der Waals surface area contributed by atoms with Gasteiger partial charge in [0.25, 0.3) is 5.91 Å². The lowest BCUT2D eigenvalue weighted by atomic mass is 9.84. The van der Waals surface area contributed by atoms with Gasteiger partial charge >= 0.3 is 0 Å². The van der Waals surface area contributed by atoms with E-state index in [4.69, 9.17) is 9.47 Å². The zero-order valence-corrected chi connectivity index (χ0v) is 21.5. The van der Waals surface area contributed by atoms with Gasteiger partial charge in [-0.3, -0.25) is 4.79 Å². The zero-order valence-electron chi connectivity index (χ0n) is 21.5. The van der Waals surface area contributed by atoms with Crippen molar-refractivity contribution in [3.05, 3.63) is 65.4 Å². The van der Waals surface area contributed by atoms with Crippen molar-refractivity contribution in [1.29, 1.82) is 0 Å². The molecule has 1 fully saturated rings. The summed E-state index contributed by atoms with van der Waals surface area (Å²) in [6.45, 7) is 2.55. The van der Waals surface area contributed by atoms with Crippen molar-refractivity contribution >= 4 is 5.91 Å². The maximum absolute atomic E-state index is 13.6. The molecule has 0 bridgehead atoms. The van der Waals surface area contributed by atoms with E-state index in [0.29, 0.717) is 47.6 Å². The van der Waals surface area contributed by atoms with Gasteiger partial charge < -0.3 is 29.7 Å². The van der Waals surface area contributed by atoms with Crippen molar-refractivity contribution < 1.29 is 29.6 Å². The number of carbonyl (C=O) groups excluding carboxylic acids is 1. The third-order valence-electron chi connectivity index (χ3n) is 7.07. The highest BCUT2D eigenvalue weighted by Gasteiger charge is 2.38. The minimum Gasteiger partial charge on any atom is -0.506 e. The Morgan fingerprint density at radius 1 is 0.973 bits per heavy atom. The monoisotopic (exact) mass is 506 g/mol. The molecule has 1 amide bonds. The summed E-state index contributed by atoms with van der Waals surface area (Å²) in [5.74, 6) is -0.534. The fourth-order valence-electron chi connectivity index (χ4n) is 4.96. The first-order valence-corrected chi connectivity index (χ1v) is 12.6. The number of unbranched alkanes of at least 4 members (excludes halogenated alkanes) is 1. The van der Waals surface area contributed by atoms with E-state index in [9.17, 15) is 20.1 Å². The largest absolute Gasteiger partial charge is 0.506 e. The van der Waals surface area contributed by atoms with Crippen molar-refractivity contribution in [3.8, 4) is 34.3 Å². The number of hydrogen-bond donors (Lipinski definition) is 3. The number of pyridine rings is 1. The third kappa shape index (κ3) is 5.06. The molecule has 1 aliphatic heterocycles. The molecule has 0 saturated carbocycles. The van der Waals surface area contributed by atoms with E-state index in [0.717, 1.165) is 18.4 Å². The summed E-state index contributed by atoms with van der Waals surface area (Å²) in [6.07, 6.45) is 2.80. The lowest BCUT2D eigenvalue weighted by Gasteiger charge is -2.38. The summed E-state index contributed by atoms with van der Waals surface area (Å²) in [5.41, 5.74) is 0.721. The lowest BCUT2D eigenvalue weighted by molar-refractivity contribution is -0.0212. The summed E-state index contributed by atoms with van der Waals surface area (Å²) in [7, 11) is 3.03. The third-order valence-corrected chi connectivity index (χ3v) is 7.07. The fourth-order valence-corrected chi connectivity index (χ4v) is 4.96. The highest BCUT2D eigenvalue weighted by atomic mass is 16.5. The molecule has 8 nitrogen and oxygen atoms in total. The van der Waals surface area contributed by atoms with E-state index in [1.54, 1.807) is 18.2 Å². The Morgan fingerprint density at radius 3 is 2.16 bits per heavy atom. The van der Waals surface area contributed by atoms with Crippen LogP contribution in [0.4, 0.5) is 0 Å². The molecule has 2 aromatic carbocycles. The number of methoxy groups -OCH3 is 2. The van der Waals surface area contributed by atoms with Gasteiger partial charge in [-0.2, -0.15) is 0 Å². The number of likely N-dealkylation sites (tertiary alicyclic amines) is 1. The van der Waals surface area contributed by atoms with Crippen LogP contribution in [0.5, 0.6) is 23.1 Å². The SMILES string of the molecule is CCCCc1nc(O)c(C(=O)N2CCC(O)(c3ccccc3)CC2)c(O)c1-c1c(OC)cccc1OC. The van der Waals surface area contributed by atoms with Crippen molar-refractivity contribution in [2.24, 2.45) is 0 Å². The Balaban J connectivity index is 1.74. The maximum Gasteiger partial charge on any atom is 0.263 e. The van der Waals surface area contributed by atoms with Crippen LogP contribution in [0.3, 0.4) is 0 Å². The molecule has 1 aromatic heterocycles. The number of aromatic hydroxyl groups is 2. The highest BCUT2D eigenvalue weighted by Crippen LogP contribution is 2.47. The van der Waals surface area contributed by atoms with Crippen LogP contribution in [0.25, 0.3) is 11.1 Å². The number of hydrogen-bond acceptors (Lipinski definition) is 7. The number of benzene rings is 2. The zero-order chi connectivity index (χ0) is 26.6. The van der Waals surface area contributed by atoms with Crippen molar-refractivity contribution in [1.82, 2.24) is 9.88 Å². The van der Waals surface area contributed by atoms with Crippen LogP contribution in [0.1, 0.15) is 54.2 Å². The Labute approximate surface area is 217 Å². The number of piperidine rings is 1. The van der Waals surface area contributed by atoms with Crippen molar-refractivity contribution in [2.75, 3.05) is 27.3 Å². The van der Waals surface area contributed by atoms with Crippen LogP contribution in [0.2, 0.25) is 0 Å². The second-order valence-corrected chi connectivity index (χ2v) is 9.31. The normalized spacial score (nSPS) is 14.9. The van der Waals surface area contributed by atoms with E-state index in [-0.39, 0.29) is 24.4 Å².